The molecule has 0 heterocycles. The molecule has 0 radical (unpaired) electrons. The summed E-state index contributed by atoms with van der Waals surface area (Å²) in [5.41, 5.74) is 1.92. The molecule has 0 aliphatic heterocycles. The van der Waals surface area contributed by atoms with Gasteiger partial charge in [0.2, 0.25) is 0 Å². The van der Waals surface area contributed by atoms with E-state index in [0.29, 0.717) is 16.7 Å². The zero-order valence-electron chi connectivity index (χ0n) is 12.3. The Morgan fingerprint density at radius 2 is 1.60 bits per heavy atom. The summed E-state index contributed by atoms with van der Waals surface area (Å²) in [7, 11) is 0. The van der Waals surface area contributed by atoms with Gasteiger partial charge in [0.25, 0.3) is 0 Å². The third-order valence-electron chi connectivity index (χ3n) is 3.43. The standard InChI is InChI=1S/C18H19FO/c1-12-8-7-11-15(19)16(12)13-9-5-6-10-14(17(13)20)18(2,3)4/h5-11H,1-4H3. The van der Waals surface area contributed by atoms with E-state index in [9.17, 15) is 9.18 Å². The van der Waals surface area contributed by atoms with Crippen molar-refractivity contribution < 1.29 is 4.39 Å². The van der Waals surface area contributed by atoms with E-state index in [2.05, 4.69) is 0 Å². The Kier molecular flexibility index (Phi) is 3.76. The van der Waals surface area contributed by atoms with Crippen molar-refractivity contribution in [1.82, 2.24) is 0 Å². The number of hydrogen-bond acceptors (Lipinski definition) is 1. The highest BCUT2D eigenvalue weighted by molar-refractivity contribution is 5.68. The largest absolute Gasteiger partial charge is 0.289 e. The second-order valence-electron chi connectivity index (χ2n) is 6.06. The highest BCUT2D eigenvalue weighted by Crippen LogP contribution is 2.26. The fraction of sp³-hybridized carbons (Fsp3) is 0.278. The number of hydrogen-bond donors (Lipinski definition) is 0. The molecule has 0 unspecified atom stereocenters. The first-order valence-corrected chi connectivity index (χ1v) is 6.71. The fourth-order valence-corrected chi connectivity index (χ4v) is 2.36. The summed E-state index contributed by atoms with van der Waals surface area (Å²) in [5.74, 6) is -0.354. The van der Waals surface area contributed by atoms with Crippen LogP contribution in [0.25, 0.3) is 11.1 Å². The van der Waals surface area contributed by atoms with Crippen molar-refractivity contribution in [2.24, 2.45) is 0 Å². The Morgan fingerprint density at radius 1 is 0.950 bits per heavy atom. The Balaban J connectivity index is 2.84. The molecule has 20 heavy (non-hydrogen) atoms. The smallest absolute Gasteiger partial charge is 0.190 e. The molecule has 104 valence electrons. The topological polar surface area (TPSA) is 17.1 Å². The lowest BCUT2D eigenvalue weighted by Gasteiger charge is -2.17. The van der Waals surface area contributed by atoms with Crippen LogP contribution in [0.4, 0.5) is 4.39 Å². The van der Waals surface area contributed by atoms with E-state index in [0.717, 1.165) is 5.56 Å². The molecule has 2 aromatic rings. The van der Waals surface area contributed by atoms with Gasteiger partial charge >= 0.3 is 0 Å². The molecule has 0 amide bonds. The highest BCUT2D eigenvalue weighted by Gasteiger charge is 2.20. The van der Waals surface area contributed by atoms with Crippen LogP contribution in [0, 0.1) is 12.7 Å². The maximum atomic E-state index is 14.1. The lowest BCUT2D eigenvalue weighted by Crippen LogP contribution is -2.22. The van der Waals surface area contributed by atoms with E-state index < -0.39 is 0 Å². The van der Waals surface area contributed by atoms with Crippen molar-refractivity contribution in [1.29, 1.82) is 0 Å². The van der Waals surface area contributed by atoms with Crippen molar-refractivity contribution in [3.8, 4) is 11.1 Å². The van der Waals surface area contributed by atoms with Crippen molar-refractivity contribution in [3.05, 3.63) is 69.6 Å². The van der Waals surface area contributed by atoms with Crippen molar-refractivity contribution in [2.75, 3.05) is 0 Å². The van der Waals surface area contributed by atoms with Crippen LogP contribution in [0.3, 0.4) is 0 Å². The first-order valence-electron chi connectivity index (χ1n) is 6.71. The molecule has 0 bridgehead atoms. The highest BCUT2D eigenvalue weighted by atomic mass is 19.1. The third kappa shape index (κ3) is 2.64. The van der Waals surface area contributed by atoms with E-state index in [-0.39, 0.29) is 16.7 Å². The van der Waals surface area contributed by atoms with Crippen LogP contribution in [0.2, 0.25) is 0 Å². The Hall–Kier alpha value is -1.96. The number of halogens is 1. The molecular weight excluding hydrogens is 251 g/mol. The zero-order chi connectivity index (χ0) is 14.9. The van der Waals surface area contributed by atoms with E-state index in [4.69, 9.17) is 0 Å². The van der Waals surface area contributed by atoms with Crippen LogP contribution < -0.4 is 5.43 Å². The Morgan fingerprint density at radius 3 is 2.20 bits per heavy atom. The number of aryl methyl sites for hydroxylation is 1. The maximum Gasteiger partial charge on any atom is 0.190 e. The maximum absolute atomic E-state index is 14.1. The minimum atomic E-state index is -0.354. The van der Waals surface area contributed by atoms with Crippen LogP contribution in [-0.2, 0) is 5.41 Å². The summed E-state index contributed by atoms with van der Waals surface area (Å²) < 4.78 is 14.1. The van der Waals surface area contributed by atoms with Crippen molar-refractivity contribution in [2.45, 2.75) is 33.1 Å². The zero-order valence-corrected chi connectivity index (χ0v) is 12.3. The summed E-state index contributed by atoms with van der Waals surface area (Å²) in [6.07, 6.45) is 0. The van der Waals surface area contributed by atoms with E-state index in [1.54, 1.807) is 18.2 Å². The first-order chi connectivity index (χ1) is 9.32. The van der Waals surface area contributed by atoms with Gasteiger partial charge in [0.15, 0.2) is 5.43 Å². The van der Waals surface area contributed by atoms with Crippen LogP contribution in [0.1, 0.15) is 31.9 Å². The first kappa shape index (κ1) is 14.4. The van der Waals surface area contributed by atoms with Gasteiger partial charge in [-0.15, -0.1) is 0 Å². The molecule has 0 saturated carbocycles. The average molecular weight is 270 g/mol. The van der Waals surface area contributed by atoms with E-state index in [1.807, 2.05) is 45.9 Å². The molecule has 0 saturated heterocycles. The lowest BCUT2D eigenvalue weighted by atomic mass is 9.86. The molecular formula is C18H19FO. The predicted molar refractivity (Wildman–Crippen MR) is 81.5 cm³/mol. The Bertz CT molecular complexity index is 676. The van der Waals surface area contributed by atoms with Gasteiger partial charge in [-0.2, -0.15) is 0 Å². The van der Waals surface area contributed by atoms with Crippen LogP contribution in [-0.4, -0.2) is 0 Å². The molecule has 2 aromatic carbocycles. The van der Waals surface area contributed by atoms with Gasteiger partial charge in [-0.25, -0.2) is 4.39 Å². The summed E-state index contributed by atoms with van der Waals surface area (Å²) in [4.78, 5) is 12.8. The van der Waals surface area contributed by atoms with E-state index in [1.165, 1.54) is 6.07 Å². The van der Waals surface area contributed by atoms with Gasteiger partial charge < -0.3 is 0 Å². The molecule has 2 heteroatoms. The quantitative estimate of drug-likeness (QED) is 0.747. The van der Waals surface area contributed by atoms with Gasteiger partial charge in [0.1, 0.15) is 5.82 Å². The summed E-state index contributed by atoms with van der Waals surface area (Å²) in [5, 5.41) is 0. The molecule has 0 aliphatic rings. The van der Waals surface area contributed by atoms with Gasteiger partial charge in [-0.3, -0.25) is 4.79 Å². The minimum absolute atomic E-state index is 0.101. The van der Waals surface area contributed by atoms with Gasteiger partial charge in [0, 0.05) is 16.7 Å². The molecule has 0 spiro atoms. The monoisotopic (exact) mass is 270 g/mol. The molecule has 0 aliphatic carbocycles. The lowest BCUT2D eigenvalue weighted by molar-refractivity contribution is 0.586. The average Bonchev–Trinajstić information content (AvgIpc) is 2.51. The van der Waals surface area contributed by atoms with Crippen molar-refractivity contribution in [3.63, 3.8) is 0 Å². The summed E-state index contributed by atoms with van der Waals surface area (Å²) in [6.45, 7) is 7.78. The fourth-order valence-electron chi connectivity index (χ4n) is 2.36. The molecule has 0 aromatic heterocycles. The molecule has 1 nitrogen and oxygen atoms in total. The van der Waals surface area contributed by atoms with Gasteiger partial charge in [-0.1, -0.05) is 57.2 Å². The van der Waals surface area contributed by atoms with E-state index >= 15 is 0 Å². The van der Waals surface area contributed by atoms with Gasteiger partial charge in [-0.05, 0) is 24.0 Å². The third-order valence-corrected chi connectivity index (χ3v) is 3.43. The Labute approximate surface area is 119 Å². The summed E-state index contributed by atoms with van der Waals surface area (Å²) >= 11 is 0. The van der Waals surface area contributed by atoms with Crippen LogP contribution >= 0.6 is 0 Å². The SMILES string of the molecule is Cc1cccc(F)c1-c1ccccc(C(C)(C)C)c1=O. The predicted octanol–water partition coefficient (Wildman–Crippen LogP) is 4.46. The second kappa shape index (κ2) is 5.20. The molecule has 2 rings (SSSR count). The van der Waals surface area contributed by atoms with Crippen LogP contribution in [0.5, 0.6) is 0 Å². The summed E-state index contributed by atoms with van der Waals surface area (Å²) in [6, 6.07) is 12.0. The molecule has 0 fully saturated rings. The van der Waals surface area contributed by atoms with Crippen LogP contribution in [0.15, 0.2) is 47.3 Å². The molecule has 0 N–H and O–H groups in total. The second-order valence-corrected chi connectivity index (χ2v) is 6.06. The normalized spacial score (nSPS) is 11.4. The van der Waals surface area contributed by atoms with Crippen molar-refractivity contribution >= 4 is 0 Å². The molecule has 0 atom stereocenters. The number of rotatable bonds is 1. The van der Waals surface area contributed by atoms with Gasteiger partial charge in [0.05, 0.1) is 0 Å². The number of benzene rings is 1. The minimum Gasteiger partial charge on any atom is -0.289 e.